The second kappa shape index (κ2) is 8.43. The van der Waals surface area contributed by atoms with E-state index in [1.54, 1.807) is 25.3 Å². The number of ether oxygens (including phenoxy) is 2. The highest BCUT2D eigenvalue weighted by Crippen LogP contribution is 2.30. The Kier molecular flexibility index (Phi) is 6.87. The van der Waals surface area contributed by atoms with Gasteiger partial charge in [-0.25, -0.2) is 0 Å². The molecule has 5 heteroatoms. The van der Waals surface area contributed by atoms with E-state index in [0.717, 1.165) is 12.8 Å². The van der Waals surface area contributed by atoms with Gasteiger partial charge in [-0.1, -0.05) is 19.8 Å². The van der Waals surface area contributed by atoms with E-state index in [1.807, 2.05) is 6.92 Å². The standard InChI is InChI=1S/C15H24N2O3/c1-4-6-7-12(16)15(18)17-11-8-9-13(20-5-2)14(10-11)19-3/h8-10,12H,4-7,16H2,1-3H3,(H,17,18)/t12-/m0/s1. The quantitative estimate of drug-likeness (QED) is 0.767. The first-order chi connectivity index (χ1) is 9.62. The molecule has 5 nitrogen and oxygen atoms in total. The van der Waals surface area contributed by atoms with Crippen LogP contribution in [0.4, 0.5) is 5.69 Å². The molecule has 1 rings (SSSR count). The number of carbonyl (C=O) groups is 1. The second-order valence-corrected chi connectivity index (χ2v) is 4.54. The number of methoxy groups -OCH3 is 1. The van der Waals surface area contributed by atoms with Crippen LogP contribution in [-0.4, -0.2) is 25.7 Å². The van der Waals surface area contributed by atoms with Crippen LogP contribution in [0.2, 0.25) is 0 Å². The summed E-state index contributed by atoms with van der Waals surface area (Å²) < 4.78 is 10.7. The first-order valence-corrected chi connectivity index (χ1v) is 6.99. The number of rotatable bonds is 8. The van der Waals surface area contributed by atoms with E-state index in [9.17, 15) is 4.79 Å². The van der Waals surface area contributed by atoms with Crippen LogP contribution < -0.4 is 20.5 Å². The Hall–Kier alpha value is -1.75. The molecule has 0 aromatic heterocycles. The van der Waals surface area contributed by atoms with Crippen molar-refractivity contribution < 1.29 is 14.3 Å². The third kappa shape index (κ3) is 4.74. The van der Waals surface area contributed by atoms with E-state index in [4.69, 9.17) is 15.2 Å². The number of unbranched alkanes of at least 4 members (excludes halogenated alkanes) is 1. The molecule has 0 fully saturated rings. The zero-order valence-corrected chi connectivity index (χ0v) is 12.4. The normalized spacial score (nSPS) is 11.8. The van der Waals surface area contributed by atoms with E-state index in [1.165, 1.54) is 0 Å². The summed E-state index contributed by atoms with van der Waals surface area (Å²) in [6.07, 6.45) is 2.66. The molecule has 0 radical (unpaired) electrons. The number of hydrogen-bond donors (Lipinski definition) is 2. The second-order valence-electron chi connectivity index (χ2n) is 4.54. The molecule has 3 N–H and O–H groups in total. The van der Waals surface area contributed by atoms with E-state index in [2.05, 4.69) is 12.2 Å². The van der Waals surface area contributed by atoms with Gasteiger partial charge in [0.15, 0.2) is 11.5 Å². The summed E-state index contributed by atoms with van der Waals surface area (Å²) in [7, 11) is 1.57. The maximum Gasteiger partial charge on any atom is 0.241 e. The molecule has 1 aromatic carbocycles. The first-order valence-electron chi connectivity index (χ1n) is 6.99. The molecule has 112 valence electrons. The molecule has 1 amide bonds. The molecule has 0 aliphatic carbocycles. The molecule has 0 aliphatic heterocycles. The number of carbonyl (C=O) groups excluding carboxylic acids is 1. The molecular formula is C15H24N2O3. The van der Waals surface area contributed by atoms with Crippen molar-refractivity contribution in [3.05, 3.63) is 18.2 Å². The maximum absolute atomic E-state index is 11.9. The van der Waals surface area contributed by atoms with Crippen LogP contribution in [0.1, 0.15) is 33.1 Å². The van der Waals surface area contributed by atoms with Crippen LogP contribution in [0.3, 0.4) is 0 Å². The average Bonchev–Trinajstić information content (AvgIpc) is 2.46. The average molecular weight is 280 g/mol. The molecule has 20 heavy (non-hydrogen) atoms. The summed E-state index contributed by atoms with van der Waals surface area (Å²) >= 11 is 0. The van der Waals surface area contributed by atoms with Gasteiger partial charge in [-0.3, -0.25) is 4.79 Å². The van der Waals surface area contributed by atoms with Crippen molar-refractivity contribution in [1.29, 1.82) is 0 Å². The number of anilines is 1. The lowest BCUT2D eigenvalue weighted by Gasteiger charge is -2.14. The van der Waals surface area contributed by atoms with Gasteiger partial charge in [0.2, 0.25) is 5.91 Å². The number of nitrogens with two attached hydrogens (primary N) is 1. The van der Waals surface area contributed by atoms with Crippen LogP contribution in [0, 0.1) is 0 Å². The lowest BCUT2D eigenvalue weighted by molar-refractivity contribution is -0.117. The van der Waals surface area contributed by atoms with Crippen LogP contribution in [-0.2, 0) is 4.79 Å². The number of amides is 1. The van der Waals surface area contributed by atoms with Gasteiger partial charge in [0.05, 0.1) is 19.8 Å². The fourth-order valence-electron chi connectivity index (χ4n) is 1.81. The maximum atomic E-state index is 11.9. The molecular weight excluding hydrogens is 256 g/mol. The Bertz CT molecular complexity index is 435. The third-order valence-electron chi connectivity index (χ3n) is 2.94. The highest BCUT2D eigenvalue weighted by Gasteiger charge is 2.14. The van der Waals surface area contributed by atoms with Gasteiger partial charge >= 0.3 is 0 Å². The molecule has 0 aliphatic rings. The molecule has 1 aromatic rings. The summed E-state index contributed by atoms with van der Waals surface area (Å²) in [6.45, 7) is 4.54. The molecule has 0 saturated heterocycles. The topological polar surface area (TPSA) is 73.6 Å². The van der Waals surface area contributed by atoms with Gasteiger partial charge in [-0.05, 0) is 25.5 Å². The van der Waals surface area contributed by atoms with Crippen molar-refractivity contribution in [2.24, 2.45) is 5.73 Å². The Morgan fingerprint density at radius 3 is 2.70 bits per heavy atom. The van der Waals surface area contributed by atoms with E-state index in [-0.39, 0.29) is 5.91 Å². The minimum Gasteiger partial charge on any atom is -0.493 e. The summed E-state index contributed by atoms with van der Waals surface area (Å²) in [6, 6.07) is 4.80. The summed E-state index contributed by atoms with van der Waals surface area (Å²) in [4.78, 5) is 11.9. The van der Waals surface area contributed by atoms with Crippen molar-refractivity contribution >= 4 is 11.6 Å². The van der Waals surface area contributed by atoms with Gasteiger partial charge in [-0.15, -0.1) is 0 Å². The predicted octanol–water partition coefficient (Wildman–Crippen LogP) is 2.55. The summed E-state index contributed by atoms with van der Waals surface area (Å²) in [5, 5.41) is 2.80. The SMILES string of the molecule is CCCC[C@H](N)C(=O)Nc1ccc(OCC)c(OC)c1. The number of benzene rings is 1. The van der Waals surface area contributed by atoms with Crippen molar-refractivity contribution in [2.75, 3.05) is 19.0 Å². The predicted molar refractivity (Wildman–Crippen MR) is 80.3 cm³/mol. The molecule has 0 spiro atoms. The van der Waals surface area contributed by atoms with Crippen LogP contribution >= 0.6 is 0 Å². The zero-order valence-electron chi connectivity index (χ0n) is 12.4. The van der Waals surface area contributed by atoms with Gasteiger partial charge in [-0.2, -0.15) is 0 Å². The highest BCUT2D eigenvalue weighted by atomic mass is 16.5. The van der Waals surface area contributed by atoms with Crippen molar-refractivity contribution in [1.82, 2.24) is 0 Å². The molecule has 0 saturated carbocycles. The smallest absolute Gasteiger partial charge is 0.241 e. The zero-order chi connectivity index (χ0) is 15.0. The number of nitrogens with one attached hydrogen (secondary N) is 1. The number of hydrogen-bond acceptors (Lipinski definition) is 4. The largest absolute Gasteiger partial charge is 0.493 e. The molecule has 0 bridgehead atoms. The Balaban J connectivity index is 2.70. The van der Waals surface area contributed by atoms with Gasteiger partial charge in [0.25, 0.3) is 0 Å². The monoisotopic (exact) mass is 280 g/mol. The van der Waals surface area contributed by atoms with Crippen molar-refractivity contribution in [3.63, 3.8) is 0 Å². The Morgan fingerprint density at radius 1 is 1.35 bits per heavy atom. The minimum absolute atomic E-state index is 0.176. The lowest BCUT2D eigenvalue weighted by atomic mass is 10.1. The fourth-order valence-corrected chi connectivity index (χ4v) is 1.81. The van der Waals surface area contributed by atoms with Crippen LogP contribution in [0.25, 0.3) is 0 Å². The van der Waals surface area contributed by atoms with E-state index >= 15 is 0 Å². The van der Waals surface area contributed by atoms with Gasteiger partial charge in [0.1, 0.15) is 0 Å². The summed E-state index contributed by atoms with van der Waals surface area (Å²) in [5.41, 5.74) is 6.49. The molecule has 0 unspecified atom stereocenters. The molecule has 0 heterocycles. The lowest BCUT2D eigenvalue weighted by Crippen LogP contribution is -2.35. The van der Waals surface area contributed by atoms with Gasteiger partial charge in [0, 0.05) is 11.8 Å². The molecule has 1 atom stereocenters. The Labute approximate surface area is 120 Å². The fraction of sp³-hybridized carbons (Fsp3) is 0.533. The van der Waals surface area contributed by atoms with Crippen molar-refractivity contribution in [3.8, 4) is 11.5 Å². The summed E-state index contributed by atoms with van der Waals surface area (Å²) in [5.74, 6) is 1.07. The van der Waals surface area contributed by atoms with Crippen molar-refractivity contribution in [2.45, 2.75) is 39.2 Å². The third-order valence-corrected chi connectivity index (χ3v) is 2.94. The van der Waals surface area contributed by atoms with Crippen LogP contribution in [0.15, 0.2) is 18.2 Å². The van der Waals surface area contributed by atoms with Crippen LogP contribution in [0.5, 0.6) is 11.5 Å². The van der Waals surface area contributed by atoms with Gasteiger partial charge < -0.3 is 20.5 Å². The Morgan fingerprint density at radius 2 is 2.10 bits per heavy atom. The van der Waals surface area contributed by atoms with E-state index in [0.29, 0.717) is 30.2 Å². The highest BCUT2D eigenvalue weighted by molar-refractivity contribution is 5.94. The first kappa shape index (κ1) is 16.3. The van der Waals surface area contributed by atoms with E-state index < -0.39 is 6.04 Å². The minimum atomic E-state index is -0.479.